The highest BCUT2D eigenvalue weighted by molar-refractivity contribution is 7.85. The van der Waals surface area contributed by atoms with Crippen LogP contribution in [0.25, 0.3) is 0 Å². The molecular weight excluding hydrogens is 558 g/mol. The van der Waals surface area contributed by atoms with Crippen molar-refractivity contribution in [1.29, 1.82) is 0 Å². The number of aliphatic hydroxyl groups is 1. The van der Waals surface area contributed by atoms with E-state index in [0.717, 1.165) is 44.9 Å². The summed E-state index contributed by atoms with van der Waals surface area (Å²) >= 11 is 0. The second kappa shape index (κ2) is 30.6. The summed E-state index contributed by atoms with van der Waals surface area (Å²) in [6, 6.07) is -1.05. The third kappa shape index (κ3) is 31.8. The Morgan fingerprint density at radius 3 is 1.51 bits per heavy atom. The third-order valence-corrected chi connectivity index (χ3v) is 8.59. The maximum absolute atomic E-state index is 12.4. The third-order valence-electron chi connectivity index (χ3n) is 7.81. The molecule has 0 saturated carbocycles. The second-order valence-electron chi connectivity index (χ2n) is 12.1. The van der Waals surface area contributed by atoms with Gasteiger partial charge in [-0.15, -0.1) is 0 Å². The van der Waals surface area contributed by atoms with Gasteiger partial charge in [-0.1, -0.05) is 147 Å². The van der Waals surface area contributed by atoms with Crippen LogP contribution in [0, 0.1) is 0 Å². The Labute approximate surface area is 266 Å². The highest BCUT2D eigenvalue weighted by atomic mass is 32.2. The summed E-state index contributed by atoms with van der Waals surface area (Å²) in [6.45, 7) is 4.42. The molecule has 0 saturated heterocycles. The summed E-state index contributed by atoms with van der Waals surface area (Å²) in [5.74, 6) is -0.989. The Kier molecular flexibility index (Phi) is 29.6. The molecular formula is C36H67NO5S. The van der Waals surface area contributed by atoms with Gasteiger partial charge in [0, 0.05) is 6.42 Å². The fourth-order valence-corrected chi connectivity index (χ4v) is 5.86. The topological polar surface area (TPSA) is 104 Å². The first-order valence-electron chi connectivity index (χ1n) is 17.7. The van der Waals surface area contributed by atoms with Crippen molar-refractivity contribution in [3.05, 3.63) is 36.5 Å². The molecule has 0 aliphatic heterocycles. The minimum absolute atomic E-state index is 0.288. The Hall–Kier alpha value is -1.44. The molecule has 0 aromatic heterocycles. The van der Waals surface area contributed by atoms with E-state index in [1.54, 1.807) is 0 Å². The van der Waals surface area contributed by atoms with Gasteiger partial charge >= 0.3 is 0 Å². The van der Waals surface area contributed by atoms with Gasteiger partial charge in [-0.3, -0.25) is 9.35 Å². The first kappa shape index (κ1) is 41.6. The molecule has 7 heteroatoms. The van der Waals surface area contributed by atoms with E-state index in [1.165, 1.54) is 109 Å². The zero-order valence-electron chi connectivity index (χ0n) is 27.8. The number of carbonyl (C=O) groups is 1. The van der Waals surface area contributed by atoms with Gasteiger partial charge in [0.1, 0.15) is 0 Å². The summed E-state index contributed by atoms with van der Waals surface area (Å²) in [6.07, 6.45) is 38.6. The molecule has 0 bridgehead atoms. The molecule has 6 nitrogen and oxygen atoms in total. The predicted molar refractivity (Wildman–Crippen MR) is 184 cm³/mol. The lowest BCUT2D eigenvalue weighted by molar-refractivity contribution is -0.122. The molecule has 0 aromatic rings. The van der Waals surface area contributed by atoms with Crippen molar-refractivity contribution in [1.82, 2.24) is 5.32 Å². The number of nitrogens with one attached hydrogen (secondary N) is 1. The predicted octanol–water partition coefficient (Wildman–Crippen LogP) is 9.79. The van der Waals surface area contributed by atoms with E-state index in [2.05, 4.69) is 43.5 Å². The van der Waals surface area contributed by atoms with Gasteiger partial charge in [0.2, 0.25) is 5.91 Å². The number of carbonyl (C=O) groups excluding carboxylic acids is 1. The molecule has 0 aromatic carbocycles. The van der Waals surface area contributed by atoms with E-state index in [9.17, 15) is 22.9 Å². The molecule has 1 amide bonds. The van der Waals surface area contributed by atoms with Crippen LogP contribution in [-0.2, 0) is 14.9 Å². The van der Waals surface area contributed by atoms with Gasteiger partial charge in [0.15, 0.2) is 0 Å². The van der Waals surface area contributed by atoms with Crippen molar-refractivity contribution in [3.8, 4) is 0 Å². The van der Waals surface area contributed by atoms with E-state index < -0.39 is 28.0 Å². The van der Waals surface area contributed by atoms with E-state index in [0.29, 0.717) is 0 Å². The standard InChI is InChI=1S/C36H67NO5S/c1-3-5-7-9-11-12-13-14-15-16-17-18-19-20-21-22-23-24-26-28-30-32-36(39)37-34(33-43(40,41)42)35(38)31-29-27-25-10-8-6-4-2/h13-14,16-17,29,31,34-35,38H,3-12,15,18-28,30,32-33H2,1-2H3,(H,37,39)(H,40,41,42)/b14-13-,17-16-,31-29+. The molecule has 43 heavy (non-hydrogen) atoms. The quantitative estimate of drug-likeness (QED) is 0.0404. The molecule has 3 N–H and O–H groups in total. The van der Waals surface area contributed by atoms with E-state index in [1.807, 2.05) is 6.08 Å². The van der Waals surface area contributed by atoms with Crippen LogP contribution in [0.4, 0.5) is 0 Å². The zero-order chi connectivity index (χ0) is 31.9. The van der Waals surface area contributed by atoms with Gasteiger partial charge in [0.05, 0.1) is 17.9 Å². The van der Waals surface area contributed by atoms with Gasteiger partial charge in [0.25, 0.3) is 10.1 Å². The average molecular weight is 626 g/mol. The summed E-state index contributed by atoms with van der Waals surface area (Å²) < 4.78 is 32.1. The molecule has 0 spiro atoms. The fourth-order valence-electron chi connectivity index (χ4n) is 5.12. The number of rotatable bonds is 31. The first-order chi connectivity index (χ1) is 20.8. The normalized spacial score (nSPS) is 13.9. The number of allylic oxidation sites excluding steroid dienone is 5. The highest BCUT2D eigenvalue weighted by Crippen LogP contribution is 2.13. The molecule has 0 heterocycles. The minimum Gasteiger partial charge on any atom is -0.387 e. The summed E-state index contributed by atoms with van der Waals surface area (Å²) in [4.78, 5) is 12.4. The highest BCUT2D eigenvalue weighted by Gasteiger charge is 2.24. The number of aliphatic hydroxyl groups excluding tert-OH is 1. The average Bonchev–Trinajstić information content (AvgIpc) is 2.96. The van der Waals surface area contributed by atoms with Crippen molar-refractivity contribution in [2.45, 2.75) is 180 Å². The first-order valence-corrected chi connectivity index (χ1v) is 19.3. The van der Waals surface area contributed by atoms with Crippen LogP contribution in [0.1, 0.15) is 168 Å². The summed E-state index contributed by atoms with van der Waals surface area (Å²) in [5.41, 5.74) is 0. The van der Waals surface area contributed by atoms with Crippen molar-refractivity contribution < 1.29 is 22.9 Å². The molecule has 252 valence electrons. The Balaban J connectivity index is 3.85. The molecule has 0 aliphatic rings. The maximum atomic E-state index is 12.4. The SMILES string of the molecule is CCCCCCC/C=C\C/C=C\CCCCCCCCCCCC(=O)NC(CS(=O)(=O)O)C(O)/C=C/CCCCCCC. The molecule has 2 atom stereocenters. The summed E-state index contributed by atoms with van der Waals surface area (Å²) in [5, 5.41) is 13.0. The zero-order valence-corrected chi connectivity index (χ0v) is 28.6. The van der Waals surface area contributed by atoms with Crippen molar-refractivity contribution in [2.24, 2.45) is 0 Å². The van der Waals surface area contributed by atoms with E-state index in [4.69, 9.17) is 0 Å². The van der Waals surface area contributed by atoms with E-state index in [-0.39, 0.29) is 12.3 Å². The largest absolute Gasteiger partial charge is 0.387 e. The smallest absolute Gasteiger partial charge is 0.267 e. The molecule has 0 radical (unpaired) electrons. The van der Waals surface area contributed by atoms with Gasteiger partial charge < -0.3 is 10.4 Å². The minimum atomic E-state index is -4.33. The number of amides is 1. The lowest BCUT2D eigenvalue weighted by Gasteiger charge is -2.21. The Bertz CT molecular complexity index is 821. The molecule has 0 aliphatic carbocycles. The van der Waals surface area contributed by atoms with Gasteiger partial charge in [-0.05, 0) is 51.4 Å². The lowest BCUT2D eigenvalue weighted by Crippen LogP contribution is -2.46. The van der Waals surface area contributed by atoms with Crippen LogP contribution < -0.4 is 5.32 Å². The number of hydrogen-bond donors (Lipinski definition) is 3. The van der Waals surface area contributed by atoms with Crippen LogP contribution in [0.3, 0.4) is 0 Å². The summed E-state index contributed by atoms with van der Waals surface area (Å²) in [7, 11) is -4.33. The van der Waals surface area contributed by atoms with Crippen molar-refractivity contribution >= 4 is 16.0 Å². The van der Waals surface area contributed by atoms with Crippen LogP contribution in [0.5, 0.6) is 0 Å². The lowest BCUT2D eigenvalue weighted by atomic mass is 10.1. The van der Waals surface area contributed by atoms with Gasteiger partial charge in [-0.2, -0.15) is 8.42 Å². The molecule has 0 fully saturated rings. The van der Waals surface area contributed by atoms with Crippen molar-refractivity contribution in [2.75, 3.05) is 5.75 Å². The van der Waals surface area contributed by atoms with E-state index >= 15 is 0 Å². The van der Waals surface area contributed by atoms with Crippen molar-refractivity contribution in [3.63, 3.8) is 0 Å². The number of unbranched alkanes of at least 4 members (excludes halogenated alkanes) is 19. The Morgan fingerprint density at radius 2 is 1.05 bits per heavy atom. The second-order valence-corrected chi connectivity index (χ2v) is 13.6. The fraction of sp³-hybridized carbons (Fsp3) is 0.806. The van der Waals surface area contributed by atoms with Crippen LogP contribution in [-0.4, -0.2) is 41.9 Å². The van der Waals surface area contributed by atoms with Crippen LogP contribution in [0.15, 0.2) is 36.5 Å². The number of hydrogen-bond acceptors (Lipinski definition) is 4. The Morgan fingerprint density at radius 1 is 0.628 bits per heavy atom. The monoisotopic (exact) mass is 625 g/mol. The van der Waals surface area contributed by atoms with Crippen LogP contribution >= 0.6 is 0 Å². The van der Waals surface area contributed by atoms with Crippen LogP contribution in [0.2, 0.25) is 0 Å². The van der Waals surface area contributed by atoms with Gasteiger partial charge in [-0.25, -0.2) is 0 Å². The maximum Gasteiger partial charge on any atom is 0.267 e. The molecule has 0 rings (SSSR count). The molecule has 2 unspecified atom stereocenters.